The molecule has 0 rings (SSSR count). The maximum Gasteiger partial charge on any atom is 0.0578 e. The molecule has 0 aromatic heterocycles. The first-order valence-electron chi connectivity index (χ1n) is 11.9. The average Bonchev–Trinajstić information content (AvgIpc) is 2.61. The van der Waals surface area contributed by atoms with Crippen molar-refractivity contribution in [1.82, 2.24) is 0 Å². The Kier molecular flexibility index (Phi) is 20.2. The minimum Gasteiger partial charge on any atom is -0.375 e. The van der Waals surface area contributed by atoms with Crippen molar-refractivity contribution in [3.8, 4) is 0 Å². The van der Waals surface area contributed by atoms with Gasteiger partial charge in [0.25, 0.3) is 0 Å². The van der Waals surface area contributed by atoms with Crippen molar-refractivity contribution in [1.29, 1.82) is 0 Å². The molecule has 0 aliphatic rings. The van der Waals surface area contributed by atoms with E-state index in [1.54, 1.807) is 0 Å². The van der Waals surface area contributed by atoms with Crippen LogP contribution in [0.25, 0.3) is 0 Å². The van der Waals surface area contributed by atoms with Crippen molar-refractivity contribution < 1.29 is 4.74 Å². The van der Waals surface area contributed by atoms with E-state index in [0.29, 0.717) is 12.2 Å². The van der Waals surface area contributed by atoms with E-state index in [0.717, 1.165) is 0 Å². The van der Waals surface area contributed by atoms with Crippen molar-refractivity contribution in [3.63, 3.8) is 0 Å². The van der Waals surface area contributed by atoms with Gasteiger partial charge in [-0.05, 0) is 25.7 Å². The monoisotopic (exact) mass is 354 g/mol. The Balaban J connectivity index is 3.99. The highest BCUT2D eigenvalue weighted by molar-refractivity contribution is 4.65. The van der Waals surface area contributed by atoms with Gasteiger partial charge in [-0.2, -0.15) is 0 Å². The molecule has 0 bridgehead atoms. The van der Waals surface area contributed by atoms with E-state index in [-0.39, 0.29) is 0 Å². The van der Waals surface area contributed by atoms with Crippen molar-refractivity contribution in [2.24, 2.45) is 0 Å². The number of rotatable bonds is 20. The van der Waals surface area contributed by atoms with Crippen LogP contribution in [0.2, 0.25) is 0 Å². The van der Waals surface area contributed by atoms with Crippen LogP contribution >= 0.6 is 0 Å². The molecule has 2 atom stereocenters. The Morgan fingerprint density at radius 1 is 0.400 bits per heavy atom. The third kappa shape index (κ3) is 17.1. The summed E-state index contributed by atoms with van der Waals surface area (Å²) in [5, 5.41) is 0. The highest BCUT2D eigenvalue weighted by atomic mass is 16.5. The van der Waals surface area contributed by atoms with Crippen LogP contribution in [0.3, 0.4) is 0 Å². The molecule has 1 nitrogen and oxygen atoms in total. The van der Waals surface area contributed by atoms with E-state index in [1.165, 1.54) is 116 Å². The van der Waals surface area contributed by atoms with Crippen LogP contribution in [0.4, 0.5) is 0 Å². The number of unbranched alkanes of at least 4 members (excludes halogenated alkanes) is 10. The molecular formula is C24H50O. The molecule has 0 heterocycles. The van der Waals surface area contributed by atoms with Gasteiger partial charge >= 0.3 is 0 Å². The number of hydrogen-bond acceptors (Lipinski definition) is 1. The predicted molar refractivity (Wildman–Crippen MR) is 114 cm³/mol. The lowest BCUT2D eigenvalue weighted by molar-refractivity contribution is -0.0308. The second kappa shape index (κ2) is 20.3. The first-order valence-corrected chi connectivity index (χ1v) is 11.9. The number of hydrogen-bond donors (Lipinski definition) is 0. The Hall–Kier alpha value is -0.0400. The molecular weight excluding hydrogens is 304 g/mol. The summed E-state index contributed by atoms with van der Waals surface area (Å²) < 4.78 is 6.59. The molecule has 0 radical (unpaired) electrons. The Bertz CT molecular complexity index is 214. The van der Waals surface area contributed by atoms with Crippen molar-refractivity contribution in [3.05, 3.63) is 0 Å². The minimum atomic E-state index is 0.521. The van der Waals surface area contributed by atoms with Crippen LogP contribution < -0.4 is 0 Å². The average molecular weight is 355 g/mol. The highest BCUT2D eigenvalue weighted by Gasteiger charge is 2.15. The van der Waals surface area contributed by atoms with E-state index in [9.17, 15) is 0 Å². The molecule has 0 spiro atoms. The molecule has 0 aliphatic heterocycles. The fourth-order valence-electron chi connectivity index (χ4n) is 3.78. The molecule has 1 heteroatoms. The highest BCUT2D eigenvalue weighted by Crippen LogP contribution is 2.21. The quantitative estimate of drug-likeness (QED) is 0.198. The third-order valence-corrected chi connectivity index (χ3v) is 5.37. The first kappa shape index (κ1) is 25.0. The maximum absolute atomic E-state index is 6.59. The van der Waals surface area contributed by atoms with Crippen LogP contribution in [0.1, 0.15) is 143 Å². The van der Waals surface area contributed by atoms with Crippen LogP contribution in [-0.4, -0.2) is 12.2 Å². The molecule has 0 aromatic rings. The van der Waals surface area contributed by atoms with Crippen LogP contribution in [-0.2, 0) is 4.74 Å². The molecule has 0 N–H and O–H groups in total. The van der Waals surface area contributed by atoms with Gasteiger partial charge in [0.15, 0.2) is 0 Å². The summed E-state index contributed by atoms with van der Waals surface area (Å²) in [6, 6.07) is 0. The van der Waals surface area contributed by atoms with Gasteiger partial charge < -0.3 is 4.74 Å². The summed E-state index contributed by atoms with van der Waals surface area (Å²) in [6.07, 6.45) is 25.4. The smallest absolute Gasteiger partial charge is 0.0578 e. The molecule has 0 saturated heterocycles. The van der Waals surface area contributed by atoms with E-state index in [4.69, 9.17) is 4.74 Å². The fraction of sp³-hybridized carbons (Fsp3) is 1.00. The van der Waals surface area contributed by atoms with Crippen LogP contribution in [0.5, 0.6) is 0 Å². The van der Waals surface area contributed by atoms with E-state index in [1.807, 2.05) is 0 Å². The normalized spacial score (nSPS) is 13.9. The molecule has 0 aromatic carbocycles. The van der Waals surface area contributed by atoms with Gasteiger partial charge in [-0.25, -0.2) is 0 Å². The first-order chi connectivity index (χ1) is 12.3. The van der Waals surface area contributed by atoms with Gasteiger partial charge in [0.1, 0.15) is 0 Å². The topological polar surface area (TPSA) is 9.23 Å². The van der Waals surface area contributed by atoms with E-state index >= 15 is 0 Å². The molecule has 0 amide bonds. The lowest BCUT2D eigenvalue weighted by Crippen LogP contribution is -2.22. The number of ether oxygens (including phenoxy) is 1. The van der Waals surface area contributed by atoms with Crippen LogP contribution in [0.15, 0.2) is 0 Å². The maximum atomic E-state index is 6.59. The lowest BCUT2D eigenvalue weighted by Gasteiger charge is -2.25. The SMILES string of the molecule is CCCCCCCCC(CCC)OC(CCC)CCCCCCCC. The van der Waals surface area contributed by atoms with Gasteiger partial charge in [0.2, 0.25) is 0 Å². The molecule has 0 fully saturated rings. The van der Waals surface area contributed by atoms with E-state index < -0.39 is 0 Å². The third-order valence-electron chi connectivity index (χ3n) is 5.37. The largest absolute Gasteiger partial charge is 0.375 e. The molecule has 0 saturated carbocycles. The summed E-state index contributed by atoms with van der Waals surface area (Å²) in [5.41, 5.74) is 0. The Morgan fingerprint density at radius 3 is 1.12 bits per heavy atom. The second-order valence-electron chi connectivity index (χ2n) is 8.07. The van der Waals surface area contributed by atoms with Gasteiger partial charge in [0, 0.05) is 0 Å². The van der Waals surface area contributed by atoms with E-state index in [2.05, 4.69) is 27.7 Å². The molecule has 152 valence electrons. The zero-order chi connectivity index (χ0) is 18.6. The van der Waals surface area contributed by atoms with Gasteiger partial charge in [-0.1, -0.05) is 118 Å². The van der Waals surface area contributed by atoms with Gasteiger partial charge in [0.05, 0.1) is 12.2 Å². The molecule has 0 aliphatic carbocycles. The van der Waals surface area contributed by atoms with Crippen LogP contribution in [0, 0.1) is 0 Å². The molecule has 2 unspecified atom stereocenters. The molecule has 25 heavy (non-hydrogen) atoms. The summed E-state index contributed by atoms with van der Waals surface area (Å²) in [7, 11) is 0. The van der Waals surface area contributed by atoms with Crippen molar-refractivity contribution >= 4 is 0 Å². The van der Waals surface area contributed by atoms with Crippen molar-refractivity contribution in [2.45, 2.75) is 155 Å². The summed E-state index contributed by atoms with van der Waals surface area (Å²) >= 11 is 0. The summed E-state index contributed by atoms with van der Waals surface area (Å²) in [5.74, 6) is 0. The van der Waals surface area contributed by atoms with Gasteiger partial charge in [-0.15, -0.1) is 0 Å². The minimum absolute atomic E-state index is 0.521. The summed E-state index contributed by atoms with van der Waals surface area (Å²) in [6.45, 7) is 9.20. The zero-order valence-electron chi connectivity index (χ0n) is 18.3. The van der Waals surface area contributed by atoms with Gasteiger partial charge in [-0.3, -0.25) is 0 Å². The van der Waals surface area contributed by atoms with Crippen molar-refractivity contribution in [2.75, 3.05) is 0 Å². The standard InChI is InChI=1S/C24H50O/c1-5-9-11-13-15-17-21-23(19-7-3)25-24(20-8-4)22-18-16-14-12-10-6-2/h23-24H,5-22H2,1-4H3. The second-order valence-corrected chi connectivity index (χ2v) is 8.07. The Morgan fingerprint density at radius 2 is 0.760 bits per heavy atom. The predicted octanol–water partition coefficient (Wildman–Crippen LogP) is 8.84. The summed E-state index contributed by atoms with van der Waals surface area (Å²) in [4.78, 5) is 0. The zero-order valence-corrected chi connectivity index (χ0v) is 18.3. The fourth-order valence-corrected chi connectivity index (χ4v) is 3.78. The Labute approximate surface area is 160 Å². The lowest BCUT2D eigenvalue weighted by atomic mass is 10.0.